The summed E-state index contributed by atoms with van der Waals surface area (Å²) in [6.45, 7) is 0.547. The molecular weight excluding hydrogens is 260 g/mol. The van der Waals surface area contributed by atoms with E-state index in [1.807, 2.05) is 24.4 Å². The number of hydrogen-bond donors (Lipinski definition) is 1. The van der Waals surface area contributed by atoms with Gasteiger partial charge in [-0.25, -0.2) is 9.78 Å². The van der Waals surface area contributed by atoms with Crippen LogP contribution in [0, 0.1) is 0 Å². The van der Waals surface area contributed by atoms with Gasteiger partial charge in [0.25, 0.3) is 0 Å². The Morgan fingerprint density at radius 1 is 1.37 bits per heavy atom. The molecule has 0 atom stereocenters. The fraction of sp³-hybridized carbons (Fsp3) is 0.286. The smallest absolute Gasteiger partial charge is 0.406 e. The Hall–Kier alpha value is -1.88. The summed E-state index contributed by atoms with van der Waals surface area (Å²) < 4.78 is 4.51. The average molecular weight is 276 g/mol. The first-order chi connectivity index (χ1) is 9.28. The molecule has 1 aromatic heterocycles. The van der Waals surface area contributed by atoms with E-state index in [-0.39, 0.29) is 0 Å². The van der Waals surface area contributed by atoms with Crippen LogP contribution >= 0.6 is 11.3 Å². The lowest BCUT2D eigenvalue weighted by molar-refractivity contribution is 0.171. The summed E-state index contributed by atoms with van der Waals surface area (Å²) in [6, 6.07) is 10.3. The molecule has 1 amide bonds. The highest BCUT2D eigenvalue weighted by Gasteiger charge is 2.04. The zero-order valence-corrected chi connectivity index (χ0v) is 11.6. The molecule has 5 heteroatoms. The van der Waals surface area contributed by atoms with Crippen molar-refractivity contribution in [3.63, 3.8) is 0 Å². The zero-order chi connectivity index (χ0) is 13.5. The first kappa shape index (κ1) is 13.5. The number of amides is 1. The van der Waals surface area contributed by atoms with Crippen LogP contribution in [0.3, 0.4) is 0 Å². The average Bonchev–Trinajstić information content (AvgIpc) is 2.87. The Morgan fingerprint density at radius 3 is 2.89 bits per heavy atom. The molecule has 0 bridgehead atoms. The van der Waals surface area contributed by atoms with E-state index in [9.17, 15) is 4.79 Å². The van der Waals surface area contributed by atoms with Crippen LogP contribution in [0.2, 0.25) is 0 Å². The lowest BCUT2D eigenvalue weighted by Gasteiger charge is -2.00. The normalized spacial score (nSPS) is 10.2. The zero-order valence-electron chi connectivity index (χ0n) is 10.8. The lowest BCUT2D eigenvalue weighted by Crippen LogP contribution is -2.25. The van der Waals surface area contributed by atoms with Crippen LogP contribution in [-0.4, -0.2) is 24.7 Å². The van der Waals surface area contributed by atoms with Gasteiger partial charge in [-0.05, 0) is 5.56 Å². The minimum Gasteiger partial charge on any atom is -0.453 e. The van der Waals surface area contributed by atoms with E-state index in [0.29, 0.717) is 6.54 Å². The Labute approximate surface area is 116 Å². The number of methoxy groups -OCH3 is 1. The number of benzene rings is 1. The molecule has 2 rings (SSSR count). The monoisotopic (exact) mass is 276 g/mol. The Bertz CT molecular complexity index is 525. The number of thiazole rings is 1. The van der Waals surface area contributed by atoms with E-state index in [1.165, 1.54) is 17.6 Å². The summed E-state index contributed by atoms with van der Waals surface area (Å²) in [7, 11) is 1.36. The second-order valence-corrected chi connectivity index (χ2v) is 5.25. The molecule has 0 aliphatic heterocycles. The Morgan fingerprint density at radius 2 is 2.16 bits per heavy atom. The number of nitrogens with zero attached hydrogens (tertiary/aromatic N) is 1. The third-order valence-electron chi connectivity index (χ3n) is 2.62. The summed E-state index contributed by atoms with van der Waals surface area (Å²) in [5.41, 5.74) is 1.28. The van der Waals surface area contributed by atoms with E-state index in [1.54, 1.807) is 11.3 Å². The van der Waals surface area contributed by atoms with Gasteiger partial charge in [-0.2, -0.15) is 0 Å². The van der Waals surface area contributed by atoms with Crippen molar-refractivity contribution in [2.45, 2.75) is 12.8 Å². The Kier molecular flexibility index (Phi) is 4.92. The molecule has 100 valence electrons. The maximum absolute atomic E-state index is 10.9. The van der Waals surface area contributed by atoms with Gasteiger partial charge in [0.05, 0.1) is 12.1 Å². The van der Waals surface area contributed by atoms with Gasteiger partial charge in [-0.15, -0.1) is 11.3 Å². The number of rotatable bonds is 5. The molecule has 4 nitrogen and oxygen atoms in total. The Balaban J connectivity index is 1.84. The summed E-state index contributed by atoms with van der Waals surface area (Å²) in [5, 5.41) is 3.68. The fourth-order valence-corrected chi connectivity index (χ4v) is 2.64. The standard InChI is InChI=1S/C14H16N2O2S/c1-18-14(17)15-8-7-13-16-10-12(19-13)9-11-5-3-2-4-6-11/h2-6,10H,7-9H2,1H3,(H,15,17). The minimum absolute atomic E-state index is 0.402. The van der Waals surface area contributed by atoms with Crippen molar-refractivity contribution in [2.24, 2.45) is 0 Å². The quantitative estimate of drug-likeness (QED) is 0.913. The first-order valence-electron chi connectivity index (χ1n) is 6.07. The molecule has 0 saturated heterocycles. The van der Waals surface area contributed by atoms with Gasteiger partial charge < -0.3 is 10.1 Å². The van der Waals surface area contributed by atoms with Crippen LogP contribution < -0.4 is 5.32 Å². The van der Waals surface area contributed by atoms with Gasteiger partial charge in [0.1, 0.15) is 0 Å². The second-order valence-electron chi connectivity index (χ2n) is 4.05. The molecule has 1 aromatic carbocycles. The van der Waals surface area contributed by atoms with Gasteiger partial charge in [-0.3, -0.25) is 0 Å². The number of ether oxygens (including phenoxy) is 1. The van der Waals surface area contributed by atoms with Crippen LogP contribution in [0.1, 0.15) is 15.4 Å². The SMILES string of the molecule is COC(=O)NCCc1ncc(Cc2ccccc2)s1. The van der Waals surface area contributed by atoms with E-state index < -0.39 is 6.09 Å². The van der Waals surface area contributed by atoms with E-state index in [2.05, 4.69) is 27.2 Å². The van der Waals surface area contributed by atoms with Crippen molar-refractivity contribution >= 4 is 17.4 Å². The number of aromatic nitrogens is 1. The molecule has 1 N–H and O–H groups in total. The van der Waals surface area contributed by atoms with Crippen LogP contribution in [0.15, 0.2) is 36.5 Å². The van der Waals surface area contributed by atoms with E-state index >= 15 is 0 Å². The van der Waals surface area contributed by atoms with Gasteiger partial charge >= 0.3 is 6.09 Å². The molecule has 0 spiro atoms. The number of alkyl carbamates (subject to hydrolysis) is 1. The predicted octanol–water partition coefficient (Wildman–Crippen LogP) is 2.63. The van der Waals surface area contributed by atoms with Crippen molar-refractivity contribution in [1.29, 1.82) is 0 Å². The molecule has 0 saturated carbocycles. The summed E-state index contributed by atoms with van der Waals surface area (Å²) in [6.07, 6.45) is 3.14. The minimum atomic E-state index is -0.402. The van der Waals surface area contributed by atoms with Crippen LogP contribution in [0.4, 0.5) is 4.79 Å². The van der Waals surface area contributed by atoms with Gasteiger partial charge in [-0.1, -0.05) is 30.3 Å². The van der Waals surface area contributed by atoms with Crippen molar-refractivity contribution in [1.82, 2.24) is 10.3 Å². The van der Waals surface area contributed by atoms with Crippen LogP contribution in [-0.2, 0) is 17.6 Å². The topological polar surface area (TPSA) is 51.2 Å². The number of carbonyl (C=O) groups is 1. The maximum atomic E-state index is 10.9. The largest absolute Gasteiger partial charge is 0.453 e. The predicted molar refractivity (Wildman–Crippen MR) is 75.5 cm³/mol. The molecule has 1 heterocycles. The van der Waals surface area contributed by atoms with Crippen molar-refractivity contribution in [3.05, 3.63) is 52.0 Å². The molecule has 0 unspecified atom stereocenters. The van der Waals surface area contributed by atoms with Crippen molar-refractivity contribution in [2.75, 3.05) is 13.7 Å². The van der Waals surface area contributed by atoms with Crippen LogP contribution in [0.25, 0.3) is 0 Å². The van der Waals surface area contributed by atoms with Gasteiger partial charge in [0, 0.05) is 30.5 Å². The molecule has 0 fully saturated rings. The molecule has 19 heavy (non-hydrogen) atoms. The van der Waals surface area contributed by atoms with E-state index in [0.717, 1.165) is 17.8 Å². The highest BCUT2D eigenvalue weighted by Crippen LogP contribution is 2.17. The maximum Gasteiger partial charge on any atom is 0.406 e. The van der Waals surface area contributed by atoms with Crippen LogP contribution in [0.5, 0.6) is 0 Å². The van der Waals surface area contributed by atoms with E-state index in [4.69, 9.17) is 0 Å². The summed E-state index contributed by atoms with van der Waals surface area (Å²) >= 11 is 1.68. The summed E-state index contributed by atoms with van der Waals surface area (Å²) in [5.74, 6) is 0. The van der Waals surface area contributed by atoms with Crippen molar-refractivity contribution in [3.8, 4) is 0 Å². The molecule has 0 radical (unpaired) electrons. The third-order valence-corrected chi connectivity index (χ3v) is 3.67. The summed E-state index contributed by atoms with van der Waals surface area (Å²) in [4.78, 5) is 16.5. The highest BCUT2D eigenvalue weighted by atomic mass is 32.1. The molecule has 0 aliphatic rings. The number of nitrogens with one attached hydrogen (secondary N) is 1. The highest BCUT2D eigenvalue weighted by molar-refractivity contribution is 7.11. The number of hydrogen-bond acceptors (Lipinski definition) is 4. The molecular formula is C14H16N2O2S. The molecule has 2 aromatic rings. The second kappa shape index (κ2) is 6.89. The number of carbonyl (C=O) groups excluding carboxylic acids is 1. The third kappa shape index (κ3) is 4.37. The van der Waals surface area contributed by atoms with Gasteiger partial charge in [0.15, 0.2) is 0 Å². The van der Waals surface area contributed by atoms with Gasteiger partial charge in [0.2, 0.25) is 0 Å². The first-order valence-corrected chi connectivity index (χ1v) is 6.89. The lowest BCUT2D eigenvalue weighted by atomic mass is 10.1. The fourth-order valence-electron chi connectivity index (χ4n) is 1.69. The van der Waals surface area contributed by atoms with Crippen molar-refractivity contribution < 1.29 is 9.53 Å². The molecule has 0 aliphatic carbocycles.